The highest BCUT2D eigenvalue weighted by molar-refractivity contribution is 5.78. The Balaban J connectivity index is 1.18. The second kappa shape index (κ2) is 20.3. The lowest BCUT2D eigenvalue weighted by molar-refractivity contribution is -0.312. The van der Waals surface area contributed by atoms with Crippen molar-refractivity contribution in [1.82, 2.24) is 5.32 Å². The first-order chi connectivity index (χ1) is 30.0. The van der Waals surface area contributed by atoms with Gasteiger partial charge in [-0.05, 0) is 69.9 Å². The second-order valence-electron chi connectivity index (χ2n) is 19.3. The molecule has 1 spiro atoms. The zero-order valence-electron chi connectivity index (χ0n) is 39.3. The highest BCUT2D eigenvalue weighted by Gasteiger charge is 2.60. The molecular weight excluding hydrogens is 811 g/mol. The molecule has 354 valence electrons. The number of rotatable bonds is 9. The number of hydrogen-bond acceptors (Lipinski definition) is 14. The molecule has 7 rings (SSSR count). The average Bonchev–Trinajstić information content (AvgIpc) is 3.60. The number of methoxy groups -OCH3 is 2. The van der Waals surface area contributed by atoms with Crippen molar-refractivity contribution < 1.29 is 62.4 Å². The zero-order chi connectivity index (χ0) is 45.4. The number of carbonyl (C=O) groups is 1. The van der Waals surface area contributed by atoms with E-state index in [9.17, 15) is 15.0 Å². The Hall–Kier alpha value is -2.31. The summed E-state index contributed by atoms with van der Waals surface area (Å²) in [6.07, 6.45) is 10.7. The molecule has 6 heterocycles. The van der Waals surface area contributed by atoms with Crippen molar-refractivity contribution in [1.29, 1.82) is 0 Å². The number of aliphatic hydroxyl groups excluding tert-OH is 1. The summed E-state index contributed by atoms with van der Waals surface area (Å²) in [7, 11) is 5.30. The van der Waals surface area contributed by atoms with Crippen LogP contribution >= 0.6 is 0 Å². The number of allylic oxidation sites excluding steroid dienone is 2. The quantitative estimate of drug-likeness (QED) is 0.194. The van der Waals surface area contributed by atoms with Gasteiger partial charge in [-0.15, -0.1) is 0 Å². The minimum atomic E-state index is -1.83. The molecule has 1 aliphatic carbocycles. The summed E-state index contributed by atoms with van der Waals surface area (Å²) >= 11 is 0. The van der Waals surface area contributed by atoms with Crippen LogP contribution < -0.4 is 5.32 Å². The summed E-state index contributed by atoms with van der Waals surface area (Å²) in [5.74, 6) is -2.51. The third-order valence-corrected chi connectivity index (χ3v) is 14.9. The van der Waals surface area contributed by atoms with Crippen molar-refractivity contribution in [2.24, 2.45) is 23.7 Å². The average molecular weight is 886 g/mol. The van der Waals surface area contributed by atoms with Crippen LogP contribution in [0.15, 0.2) is 59.3 Å². The van der Waals surface area contributed by atoms with Gasteiger partial charge in [0.2, 0.25) is 0 Å². The van der Waals surface area contributed by atoms with Gasteiger partial charge in [-0.1, -0.05) is 70.6 Å². The van der Waals surface area contributed by atoms with E-state index in [-0.39, 0.29) is 67.0 Å². The molecule has 0 radical (unpaired) electrons. The molecule has 6 aliphatic heterocycles. The lowest BCUT2D eigenvalue weighted by Crippen LogP contribution is -2.58. The van der Waals surface area contributed by atoms with E-state index in [2.05, 4.69) is 52.1 Å². The first kappa shape index (κ1) is 48.6. The molecule has 0 aromatic heterocycles. The van der Waals surface area contributed by atoms with Crippen LogP contribution in [0.25, 0.3) is 0 Å². The van der Waals surface area contributed by atoms with E-state index in [0.29, 0.717) is 43.3 Å². The lowest BCUT2D eigenvalue weighted by atomic mass is 9.71. The first-order valence-electron chi connectivity index (χ1n) is 23.4. The number of carbonyl (C=O) groups excluding carboxylic acids is 1. The topological polar surface area (TPSA) is 162 Å². The van der Waals surface area contributed by atoms with E-state index in [4.69, 9.17) is 47.4 Å². The van der Waals surface area contributed by atoms with Gasteiger partial charge in [0.05, 0.1) is 55.4 Å². The second-order valence-corrected chi connectivity index (χ2v) is 19.3. The van der Waals surface area contributed by atoms with Crippen molar-refractivity contribution in [3.8, 4) is 0 Å². The summed E-state index contributed by atoms with van der Waals surface area (Å²) < 4.78 is 64.6. The number of esters is 1. The Bertz CT molecular complexity index is 1750. The van der Waals surface area contributed by atoms with E-state index in [1.165, 1.54) is 0 Å². The maximum atomic E-state index is 14.4. The minimum Gasteiger partial charge on any atom is -0.462 e. The molecule has 63 heavy (non-hydrogen) atoms. The predicted octanol–water partition coefficient (Wildman–Crippen LogP) is 5.60. The van der Waals surface area contributed by atoms with Gasteiger partial charge in [0.15, 0.2) is 18.4 Å². The standard InChI is InChI=1S/C49H75NO13/c1-12-26(2)44-29(5)18-19-48(63-44)24-35-21-34(62-48)17-16-28(4)43(27(3)14-13-15-33-25-56-46-42(51)30(6)20-36(47(52)59-35)49(33,46)53)60-40-23-38(55-11)45(32(8)58-40)61-39-22-37(54-10)41(50-9)31(7)57-39/h13-16,18-20,26-27,29,31-32,34-46,50-51,53H,12,17,21-25H2,1-11H3/b14-13+,28-16+,33-15+/t26?,27-,29-,31+,32-,34+,35-,36-,37+,38-,39-,40-,41+,42+,43-,44+,45-,46+,48+,49+/m0/s1. The SMILES string of the molecule is CCC(C)[C@H]1O[C@]2(C=C[C@@H]1C)C[C@@H]1C[C@@H](C/C=C(\C)[C@@H](O[C@H]3C[C@H](OC)[C@@H](O[C@H]4C[C@@H](OC)[C@H](NC)[C@@H](C)O4)[C@H](C)O3)[C@@H](C)/C=C/C=C3\CO[C@@H]4[C@H](O)C(C)=C[C@@H](C(=O)O1)[C@]34O)O2. The van der Waals surface area contributed by atoms with Crippen LogP contribution in [-0.4, -0.2) is 141 Å². The van der Waals surface area contributed by atoms with E-state index in [1.54, 1.807) is 33.3 Å². The van der Waals surface area contributed by atoms with Crippen LogP contribution in [0.2, 0.25) is 0 Å². The van der Waals surface area contributed by atoms with Crippen molar-refractivity contribution in [2.45, 2.75) is 191 Å². The predicted molar refractivity (Wildman–Crippen MR) is 234 cm³/mol. The van der Waals surface area contributed by atoms with Crippen molar-refractivity contribution in [2.75, 3.05) is 27.9 Å². The van der Waals surface area contributed by atoms with Crippen molar-refractivity contribution >= 4 is 5.97 Å². The Morgan fingerprint density at radius 3 is 2.35 bits per heavy atom. The Kier molecular flexibility index (Phi) is 15.7. The van der Waals surface area contributed by atoms with E-state index < -0.39 is 66.4 Å². The number of nitrogens with one attached hydrogen (secondary N) is 1. The maximum absolute atomic E-state index is 14.4. The number of aliphatic hydroxyl groups is 2. The van der Waals surface area contributed by atoms with Crippen LogP contribution in [0.5, 0.6) is 0 Å². The van der Waals surface area contributed by atoms with Crippen LogP contribution in [0, 0.1) is 23.7 Å². The molecule has 14 heteroatoms. The van der Waals surface area contributed by atoms with Gasteiger partial charge in [-0.25, -0.2) is 0 Å². The molecule has 14 nitrogen and oxygen atoms in total. The fraction of sp³-hybridized carbons (Fsp3) is 0.776. The lowest BCUT2D eigenvalue weighted by Gasteiger charge is -2.48. The van der Waals surface area contributed by atoms with Crippen molar-refractivity contribution in [3.63, 3.8) is 0 Å². The van der Waals surface area contributed by atoms with Gasteiger partial charge in [-0.2, -0.15) is 0 Å². The molecule has 0 aromatic carbocycles. The highest BCUT2D eigenvalue weighted by atomic mass is 16.7. The molecule has 2 bridgehead atoms. The number of likely N-dealkylation sites (N-methyl/N-ethyl adjacent to an activating group) is 1. The third kappa shape index (κ3) is 10.0. The van der Waals surface area contributed by atoms with E-state index >= 15 is 0 Å². The summed E-state index contributed by atoms with van der Waals surface area (Å²) in [6, 6.07) is 0.0442. The van der Waals surface area contributed by atoms with Gasteiger partial charge in [0.25, 0.3) is 0 Å². The highest BCUT2D eigenvalue weighted by Crippen LogP contribution is 2.47. The summed E-state index contributed by atoms with van der Waals surface area (Å²) in [5.41, 5.74) is 0.180. The Morgan fingerprint density at radius 1 is 0.921 bits per heavy atom. The van der Waals surface area contributed by atoms with Crippen LogP contribution in [-0.2, 0) is 52.2 Å². The normalized spacial score (nSPS) is 48.6. The smallest absolute Gasteiger partial charge is 0.316 e. The van der Waals surface area contributed by atoms with Crippen LogP contribution in [0.1, 0.15) is 93.9 Å². The van der Waals surface area contributed by atoms with Gasteiger partial charge < -0.3 is 62.9 Å². The summed E-state index contributed by atoms with van der Waals surface area (Å²) in [4.78, 5) is 14.4. The van der Waals surface area contributed by atoms with Gasteiger partial charge in [0.1, 0.15) is 35.9 Å². The number of hydrogen-bond donors (Lipinski definition) is 3. The van der Waals surface area contributed by atoms with Crippen molar-refractivity contribution in [3.05, 3.63) is 59.3 Å². The summed E-state index contributed by atoms with van der Waals surface area (Å²) in [5, 5.41) is 27.1. The van der Waals surface area contributed by atoms with Crippen LogP contribution in [0.4, 0.5) is 0 Å². The third-order valence-electron chi connectivity index (χ3n) is 14.9. The van der Waals surface area contributed by atoms with Crippen LogP contribution in [0.3, 0.4) is 0 Å². The molecule has 7 aliphatic rings. The molecule has 0 aromatic rings. The molecule has 1 unspecified atom stereocenters. The summed E-state index contributed by atoms with van der Waals surface area (Å²) in [6.45, 7) is 16.4. The maximum Gasteiger partial charge on any atom is 0.316 e. The molecule has 4 fully saturated rings. The number of ether oxygens (including phenoxy) is 10. The Morgan fingerprint density at radius 2 is 1.63 bits per heavy atom. The first-order valence-corrected chi connectivity index (χ1v) is 23.4. The fourth-order valence-electron chi connectivity index (χ4n) is 11.0. The van der Waals surface area contributed by atoms with E-state index in [0.717, 1.165) is 12.0 Å². The monoisotopic (exact) mass is 886 g/mol. The molecule has 3 N–H and O–H groups in total. The fourth-order valence-corrected chi connectivity index (χ4v) is 11.0. The molecule has 0 amide bonds. The van der Waals surface area contributed by atoms with Gasteiger partial charge >= 0.3 is 5.97 Å². The largest absolute Gasteiger partial charge is 0.462 e. The molecule has 4 saturated heterocycles. The number of fused-ring (bicyclic) bond motifs is 2. The molecule has 0 saturated carbocycles. The zero-order valence-corrected chi connectivity index (χ0v) is 39.3. The Labute approximate surface area is 374 Å². The van der Waals surface area contributed by atoms with Gasteiger partial charge in [-0.3, -0.25) is 4.79 Å². The molecule has 20 atom stereocenters. The van der Waals surface area contributed by atoms with Gasteiger partial charge in [0, 0.05) is 51.7 Å². The minimum absolute atomic E-state index is 0.0411. The van der Waals surface area contributed by atoms with E-state index in [1.807, 2.05) is 39.1 Å². The molecular formula is C49H75NO13.